The third-order valence-electron chi connectivity index (χ3n) is 7.60. The molecule has 0 spiro atoms. The van der Waals surface area contributed by atoms with Crippen LogP contribution in [0, 0.1) is 11.7 Å². The number of Topliss-reactive ketones (excluding diaryl/α,β-unsaturated/α-hetero) is 1. The minimum Gasteiger partial charge on any atom is -0.465 e. The first kappa shape index (κ1) is 31.0. The summed E-state index contributed by atoms with van der Waals surface area (Å²) in [5.41, 5.74) is 5.66. The molecule has 0 saturated carbocycles. The second-order valence-electron chi connectivity index (χ2n) is 10.2. The monoisotopic (exact) mass is 628 g/mol. The molecule has 12 heteroatoms. The van der Waals surface area contributed by atoms with Crippen LogP contribution in [-0.4, -0.2) is 30.9 Å². The summed E-state index contributed by atoms with van der Waals surface area (Å²) in [6.07, 6.45) is -4.73. The lowest BCUT2D eigenvalue weighted by molar-refractivity contribution is -0.152. The quantitative estimate of drug-likeness (QED) is 0.183. The molecule has 1 aliphatic heterocycles. The maximum Gasteiger partial charge on any atom is 0.416 e. The van der Waals surface area contributed by atoms with E-state index in [-0.39, 0.29) is 53.5 Å². The van der Waals surface area contributed by atoms with Crippen LogP contribution in [0.4, 0.5) is 23.2 Å². The van der Waals surface area contributed by atoms with Crippen LogP contribution in [0.3, 0.4) is 0 Å². The molecule has 7 nitrogen and oxygen atoms in total. The van der Waals surface area contributed by atoms with Crippen molar-refractivity contribution in [2.75, 3.05) is 18.1 Å². The first-order valence-electron chi connectivity index (χ1n) is 13.8. The molecule has 2 aliphatic rings. The van der Waals surface area contributed by atoms with Gasteiger partial charge in [-0.1, -0.05) is 24.3 Å². The number of alkyl halides is 3. The zero-order valence-electron chi connectivity index (χ0n) is 23.7. The maximum absolute atomic E-state index is 14.6. The Labute approximate surface area is 254 Å². The first-order chi connectivity index (χ1) is 21.0. The van der Waals surface area contributed by atoms with Gasteiger partial charge in [-0.05, 0) is 67.6 Å². The average Bonchev–Trinajstić information content (AvgIpc) is 3.51. The van der Waals surface area contributed by atoms with Crippen LogP contribution < -0.4 is 10.6 Å². The second kappa shape index (κ2) is 12.3. The molecule has 3 aromatic rings. The van der Waals surface area contributed by atoms with Gasteiger partial charge < -0.3 is 15.2 Å². The molecule has 230 valence electrons. The van der Waals surface area contributed by atoms with Gasteiger partial charge in [0, 0.05) is 27.8 Å². The van der Waals surface area contributed by atoms with Crippen molar-refractivity contribution >= 4 is 34.7 Å². The van der Waals surface area contributed by atoms with Crippen LogP contribution >= 0.6 is 11.3 Å². The van der Waals surface area contributed by atoms with Gasteiger partial charge in [-0.25, -0.2) is 9.18 Å². The van der Waals surface area contributed by atoms with Crippen molar-refractivity contribution in [2.24, 2.45) is 11.7 Å². The number of carbonyl (C=O) groups is 3. The van der Waals surface area contributed by atoms with E-state index >= 15 is 0 Å². The number of nitrogens with zero attached hydrogens (tertiary/aromatic N) is 1. The lowest BCUT2D eigenvalue weighted by atomic mass is 9.68. The molecule has 3 unspecified atom stereocenters. The van der Waals surface area contributed by atoms with E-state index in [0.29, 0.717) is 4.88 Å². The summed E-state index contributed by atoms with van der Waals surface area (Å²) in [5.74, 6) is -6.74. The molecule has 44 heavy (non-hydrogen) atoms. The van der Waals surface area contributed by atoms with E-state index < -0.39 is 53.0 Å². The number of thiophene rings is 1. The highest BCUT2D eigenvalue weighted by Crippen LogP contribution is 2.52. The van der Waals surface area contributed by atoms with Gasteiger partial charge in [-0.3, -0.25) is 14.5 Å². The Morgan fingerprint density at radius 2 is 1.75 bits per heavy atom. The van der Waals surface area contributed by atoms with Crippen LogP contribution in [0.1, 0.15) is 48.1 Å². The Morgan fingerprint density at radius 1 is 1.02 bits per heavy atom. The Kier molecular flexibility index (Phi) is 8.64. The van der Waals surface area contributed by atoms with Gasteiger partial charge in [0.2, 0.25) is 0 Å². The molecule has 0 radical (unpaired) electrons. The number of allylic oxidation sites excluding steroid dienone is 2. The molecular formula is C32H28F4N2O5S. The lowest BCUT2D eigenvalue weighted by Gasteiger charge is -2.44. The van der Waals surface area contributed by atoms with Crippen LogP contribution in [-0.2, 0) is 30.0 Å². The SMILES string of the molecule is CCOC(=O)C1=C(N)N(c2cccc(C(F)(F)F)c2)C2=C(C(=O)C(C(=O)OCC)C(c3cccs3)C2)C1c1cccc(F)c1. The third-order valence-corrected chi connectivity index (χ3v) is 8.60. The summed E-state index contributed by atoms with van der Waals surface area (Å²) in [6, 6.07) is 13.1. The van der Waals surface area contributed by atoms with E-state index in [2.05, 4.69) is 0 Å². The molecule has 0 fully saturated rings. The summed E-state index contributed by atoms with van der Waals surface area (Å²) in [7, 11) is 0. The van der Waals surface area contributed by atoms with Crippen molar-refractivity contribution < 1.29 is 41.4 Å². The smallest absolute Gasteiger partial charge is 0.416 e. The Hall–Kier alpha value is -4.45. The zero-order chi connectivity index (χ0) is 31.8. The number of rotatable bonds is 7. The molecule has 2 aromatic carbocycles. The molecule has 0 bridgehead atoms. The zero-order valence-corrected chi connectivity index (χ0v) is 24.5. The second-order valence-corrected chi connectivity index (χ2v) is 11.2. The van der Waals surface area contributed by atoms with Gasteiger partial charge in [-0.2, -0.15) is 13.2 Å². The van der Waals surface area contributed by atoms with Gasteiger partial charge in [0.15, 0.2) is 5.78 Å². The van der Waals surface area contributed by atoms with Crippen molar-refractivity contribution in [3.8, 4) is 0 Å². The molecule has 1 aliphatic carbocycles. The summed E-state index contributed by atoms with van der Waals surface area (Å²) >= 11 is 1.31. The van der Waals surface area contributed by atoms with Crippen LogP contribution in [0.15, 0.2) is 88.7 Å². The number of carbonyl (C=O) groups excluding carboxylic acids is 3. The third kappa shape index (κ3) is 5.61. The highest BCUT2D eigenvalue weighted by atomic mass is 32.1. The number of hydrogen-bond acceptors (Lipinski definition) is 8. The van der Waals surface area contributed by atoms with Crippen LogP contribution in [0.5, 0.6) is 0 Å². The van der Waals surface area contributed by atoms with Gasteiger partial charge >= 0.3 is 18.1 Å². The number of ketones is 1. The molecule has 1 aromatic heterocycles. The number of benzene rings is 2. The molecular weight excluding hydrogens is 600 g/mol. The van der Waals surface area contributed by atoms with E-state index in [1.165, 1.54) is 46.6 Å². The van der Waals surface area contributed by atoms with Crippen molar-refractivity contribution in [3.05, 3.63) is 111 Å². The normalized spacial score (nSPS) is 20.5. The largest absolute Gasteiger partial charge is 0.465 e. The fraction of sp³-hybridized carbons (Fsp3) is 0.281. The summed E-state index contributed by atoms with van der Waals surface area (Å²) in [4.78, 5) is 43.5. The van der Waals surface area contributed by atoms with E-state index in [9.17, 15) is 31.9 Å². The standard InChI is InChI=1S/C32H28F4N2O5S/c1-3-42-30(40)25-21(23-12-7-13-44-23)16-22-26(28(25)39)24(17-8-5-10-19(33)14-17)27(31(41)43-4-2)29(37)38(22)20-11-6-9-18(15-20)32(34,35)36/h5-15,21,24-25H,3-4,16,37H2,1-2H3. The first-order valence-corrected chi connectivity index (χ1v) is 14.7. The van der Waals surface area contributed by atoms with E-state index in [1.807, 2.05) is 0 Å². The molecule has 5 rings (SSSR count). The predicted molar refractivity (Wildman–Crippen MR) is 155 cm³/mol. The summed E-state index contributed by atoms with van der Waals surface area (Å²) < 4.78 is 66.7. The minimum atomic E-state index is -4.70. The molecule has 0 amide bonds. The van der Waals surface area contributed by atoms with E-state index in [0.717, 1.165) is 18.2 Å². The van der Waals surface area contributed by atoms with Crippen molar-refractivity contribution in [2.45, 2.75) is 38.3 Å². The highest BCUT2D eigenvalue weighted by molar-refractivity contribution is 7.10. The van der Waals surface area contributed by atoms with Gasteiger partial charge in [-0.15, -0.1) is 11.3 Å². The molecule has 3 atom stereocenters. The molecule has 0 saturated heterocycles. The number of ether oxygens (including phenoxy) is 2. The number of halogens is 4. The van der Waals surface area contributed by atoms with Crippen molar-refractivity contribution in [1.82, 2.24) is 0 Å². The fourth-order valence-corrected chi connectivity index (χ4v) is 6.71. The highest BCUT2D eigenvalue weighted by Gasteiger charge is 2.51. The number of anilines is 1. The Bertz CT molecular complexity index is 1660. The van der Waals surface area contributed by atoms with Crippen molar-refractivity contribution in [1.29, 1.82) is 0 Å². The maximum atomic E-state index is 14.6. The van der Waals surface area contributed by atoms with Gasteiger partial charge in [0.25, 0.3) is 0 Å². The predicted octanol–water partition coefficient (Wildman–Crippen LogP) is 6.43. The summed E-state index contributed by atoms with van der Waals surface area (Å²) in [6.45, 7) is 3.07. The van der Waals surface area contributed by atoms with Gasteiger partial charge in [0.05, 0.1) is 30.3 Å². The number of hydrogen-bond donors (Lipinski definition) is 1. The van der Waals surface area contributed by atoms with Gasteiger partial charge in [0.1, 0.15) is 17.6 Å². The molecule has 2 N–H and O–H groups in total. The Balaban J connectivity index is 1.84. The van der Waals surface area contributed by atoms with Crippen molar-refractivity contribution in [3.63, 3.8) is 0 Å². The molecule has 2 heterocycles. The lowest BCUT2D eigenvalue weighted by Crippen LogP contribution is -2.46. The van der Waals surface area contributed by atoms with Crippen LogP contribution in [0.2, 0.25) is 0 Å². The Morgan fingerprint density at radius 3 is 2.39 bits per heavy atom. The number of esters is 2. The average molecular weight is 629 g/mol. The topological polar surface area (TPSA) is 98.9 Å². The van der Waals surface area contributed by atoms with E-state index in [4.69, 9.17) is 15.2 Å². The van der Waals surface area contributed by atoms with E-state index in [1.54, 1.807) is 31.4 Å². The summed E-state index contributed by atoms with van der Waals surface area (Å²) in [5, 5.41) is 1.78. The minimum absolute atomic E-state index is 0.00368. The van der Waals surface area contributed by atoms with Crippen LogP contribution in [0.25, 0.3) is 0 Å². The number of nitrogens with two attached hydrogens (primary N) is 1. The fourth-order valence-electron chi connectivity index (χ4n) is 5.84.